The minimum absolute atomic E-state index is 0.217. The van der Waals surface area contributed by atoms with E-state index >= 15 is 0 Å². The number of carbonyl (C=O) groups is 1. The number of rotatable bonds is 1. The molecule has 2 rings (SSSR count). The molecule has 2 aromatic rings. The number of methoxy groups -OCH3 is 1. The third-order valence-electron chi connectivity index (χ3n) is 1.84. The standard InChI is InChI=1S/C9H7BrN2O2.C2H6/c1-14-9(13)8-11-6-4-2-3-5(10)7(6)12-8;1-2/h2-4H,1H3,(H,11,12);1-2H3. The molecule has 0 unspecified atom stereocenters. The van der Waals surface area contributed by atoms with Crippen LogP contribution in [0.4, 0.5) is 0 Å². The van der Waals surface area contributed by atoms with Crippen LogP contribution in [0.1, 0.15) is 24.5 Å². The van der Waals surface area contributed by atoms with Gasteiger partial charge in [0.1, 0.15) is 5.52 Å². The van der Waals surface area contributed by atoms with Gasteiger partial charge in [-0.3, -0.25) is 0 Å². The number of para-hydroxylation sites is 1. The van der Waals surface area contributed by atoms with Gasteiger partial charge in [-0.2, -0.15) is 0 Å². The minimum atomic E-state index is -0.465. The van der Waals surface area contributed by atoms with Crippen molar-refractivity contribution in [3.05, 3.63) is 28.5 Å². The van der Waals surface area contributed by atoms with E-state index in [0.29, 0.717) is 0 Å². The van der Waals surface area contributed by atoms with E-state index in [1.54, 1.807) is 0 Å². The number of hydrogen-bond donors (Lipinski definition) is 1. The summed E-state index contributed by atoms with van der Waals surface area (Å²) in [6.07, 6.45) is 0. The Morgan fingerprint density at radius 1 is 1.44 bits per heavy atom. The van der Waals surface area contributed by atoms with Gasteiger partial charge in [0.2, 0.25) is 5.82 Å². The lowest BCUT2D eigenvalue weighted by atomic mass is 10.3. The summed E-state index contributed by atoms with van der Waals surface area (Å²) in [5, 5.41) is 0. The number of aromatic amines is 1. The zero-order chi connectivity index (χ0) is 12.1. The molecule has 0 aliphatic carbocycles. The van der Waals surface area contributed by atoms with Crippen molar-refractivity contribution in [2.45, 2.75) is 13.8 Å². The number of nitrogens with one attached hydrogen (secondary N) is 1. The zero-order valence-electron chi connectivity index (χ0n) is 9.37. The average molecular weight is 285 g/mol. The Morgan fingerprint density at radius 2 is 2.12 bits per heavy atom. The van der Waals surface area contributed by atoms with E-state index in [-0.39, 0.29) is 5.82 Å². The molecule has 0 aliphatic rings. The molecule has 0 amide bonds. The number of esters is 1. The largest absolute Gasteiger partial charge is 0.463 e. The fraction of sp³-hybridized carbons (Fsp3) is 0.273. The van der Waals surface area contributed by atoms with E-state index in [1.165, 1.54) is 7.11 Å². The summed E-state index contributed by atoms with van der Waals surface area (Å²) >= 11 is 3.35. The third-order valence-corrected chi connectivity index (χ3v) is 2.48. The first kappa shape index (κ1) is 12.7. The Bertz CT molecular complexity index is 494. The summed E-state index contributed by atoms with van der Waals surface area (Å²) in [5.41, 5.74) is 1.53. The van der Waals surface area contributed by atoms with Crippen LogP contribution in [0.5, 0.6) is 0 Å². The molecule has 86 valence electrons. The second-order valence-corrected chi connectivity index (χ2v) is 3.57. The quantitative estimate of drug-likeness (QED) is 0.819. The van der Waals surface area contributed by atoms with Crippen molar-refractivity contribution >= 4 is 32.9 Å². The van der Waals surface area contributed by atoms with E-state index < -0.39 is 5.97 Å². The fourth-order valence-electron chi connectivity index (χ4n) is 1.19. The molecular formula is C11H13BrN2O2. The molecular weight excluding hydrogens is 272 g/mol. The molecule has 4 nitrogen and oxygen atoms in total. The number of aromatic nitrogens is 2. The summed E-state index contributed by atoms with van der Waals surface area (Å²) in [5.74, 6) is -0.248. The number of nitrogens with zero attached hydrogens (tertiary/aromatic N) is 1. The maximum Gasteiger partial charge on any atom is 0.374 e. The molecule has 5 heteroatoms. The van der Waals surface area contributed by atoms with Crippen LogP contribution in [0.2, 0.25) is 0 Å². The molecule has 0 atom stereocenters. The van der Waals surface area contributed by atoms with Gasteiger partial charge in [-0.05, 0) is 28.1 Å². The SMILES string of the molecule is CC.COC(=O)c1nc2c(Br)cccc2[nH]1. The van der Waals surface area contributed by atoms with Crippen molar-refractivity contribution in [3.63, 3.8) is 0 Å². The highest BCUT2D eigenvalue weighted by Gasteiger charge is 2.12. The van der Waals surface area contributed by atoms with Gasteiger partial charge in [0.15, 0.2) is 0 Å². The van der Waals surface area contributed by atoms with Gasteiger partial charge in [-0.15, -0.1) is 0 Å². The first-order valence-electron chi connectivity index (χ1n) is 4.95. The van der Waals surface area contributed by atoms with Crippen molar-refractivity contribution in [3.8, 4) is 0 Å². The number of ether oxygens (including phenoxy) is 1. The maximum absolute atomic E-state index is 11.2. The highest BCUT2D eigenvalue weighted by Crippen LogP contribution is 2.21. The van der Waals surface area contributed by atoms with Gasteiger partial charge in [-0.1, -0.05) is 19.9 Å². The Hall–Kier alpha value is -1.36. The van der Waals surface area contributed by atoms with Crippen LogP contribution >= 0.6 is 15.9 Å². The van der Waals surface area contributed by atoms with E-state index in [4.69, 9.17) is 0 Å². The lowest BCUT2D eigenvalue weighted by molar-refractivity contribution is 0.0588. The van der Waals surface area contributed by atoms with Gasteiger partial charge in [0, 0.05) is 4.47 Å². The molecule has 0 spiro atoms. The first-order chi connectivity index (χ1) is 7.72. The van der Waals surface area contributed by atoms with Crippen molar-refractivity contribution in [1.82, 2.24) is 9.97 Å². The average Bonchev–Trinajstić information content (AvgIpc) is 2.76. The van der Waals surface area contributed by atoms with Crippen LogP contribution in [-0.2, 0) is 4.74 Å². The van der Waals surface area contributed by atoms with E-state index in [2.05, 4.69) is 30.6 Å². The van der Waals surface area contributed by atoms with Crippen LogP contribution in [0.15, 0.2) is 22.7 Å². The van der Waals surface area contributed by atoms with Crippen LogP contribution in [-0.4, -0.2) is 23.0 Å². The molecule has 16 heavy (non-hydrogen) atoms. The van der Waals surface area contributed by atoms with Gasteiger partial charge < -0.3 is 9.72 Å². The molecule has 0 bridgehead atoms. The topological polar surface area (TPSA) is 55.0 Å². The summed E-state index contributed by atoms with van der Waals surface area (Å²) in [7, 11) is 1.32. The third kappa shape index (κ3) is 2.41. The van der Waals surface area contributed by atoms with E-state index in [1.807, 2.05) is 32.0 Å². The number of halogens is 1. The van der Waals surface area contributed by atoms with Crippen LogP contribution < -0.4 is 0 Å². The molecule has 0 saturated carbocycles. The minimum Gasteiger partial charge on any atom is -0.463 e. The molecule has 1 aromatic heterocycles. The summed E-state index contributed by atoms with van der Waals surface area (Å²) in [6, 6.07) is 5.58. The van der Waals surface area contributed by atoms with Crippen molar-refractivity contribution in [1.29, 1.82) is 0 Å². The number of carbonyl (C=O) groups excluding carboxylic acids is 1. The van der Waals surface area contributed by atoms with Crippen molar-refractivity contribution in [2.24, 2.45) is 0 Å². The highest BCUT2D eigenvalue weighted by molar-refractivity contribution is 9.10. The predicted molar refractivity (Wildman–Crippen MR) is 66.5 cm³/mol. The van der Waals surface area contributed by atoms with Crippen molar-refractivity contribution < 1.29 is 9.53 Å². The summed E-state index contributed by atoms with van der Waals surface area (Å²) < 4.78 is 5.41. The van der Waals surface area contributed by atoms with Crippen LogP contribution in [0.25, 0.3) is 11.0 Å². The molecule has 0 saturated heterocycles. The van der Waals surface area contributed by atoms with Gasteiger partial charge in [0.25, 0.3) is 0 Å². The number of hydrogen-bond acceptors (Lipinski definition) is 3. The first-order valence-corrected chi connectivity index (χ1v) is 5.74. The Morgan fingerprint density at radius 3 is 2.69 bits per heavy atom. The predicted octanol–water partition coefficient (Wildman–Crippen LogP) is 3.14. The maximum atomic E-state index is 11.2. The fourth-order valence-corrected chi connectivity index (χ4v) is 1.65. The Kier molecular flexibility index (Phi) is 4.49. The Balaban J connectivity index is 0.000000606. The van der Waals surface area contributed by atoms with Crippen LogP contribution in [0, 0.1) is 0 Å². The van der Waals surface area contributed by atoms with E-state index in [0.717, 1.165) is 15.5 Å². The normalized spacial score (nSPS) is 9.50. The number of imidazole rings is 1. The summed E-state index contributed by atoms with van der Waals surface area (Å²) in [4.78, 5) is 18.1. The molecule has 0 aliphatic heterocycles. The van der Waals surface area contributed by atoms with Gasteiger partial charge in [0.05, 0.1) is 12.6 Å². The Labute approximate surface area is 102 Å². The monoisotopic (exact) mass is 284 g/mol. The molecule has 1 N–H and O–H groups in total. The van der Waals surface area contributed by atoms with Crippen molar-refractivity contribution in [2.75, 3.05) is 7.11 Å². The lowest BCUT2D eigenvalue weighted by Crippen LogP contribution is -2.02. The molecule has 1 aromatic carbocycles. The molecule has 0 radical (unpaired) electrons. The number of H-pyrrole nitrogens is 1. The number of fused-ring (bicyclic) bond motifs is 1. The van der Waals surface area contributed by atoms with Gasteiger partial charge >= 0.3 is 5.97 Å². The lowest BCUT2D eigenvalue weighted by Gasteiger charge is -1.90. The summed E-state index contributed by atoms with van der Waals surface area (Å²) in [6.45, 7) is 4.00. The molecule has 0 fully saturated rings. The molecule has 1 heterocycles. The highest BCUT2D eigenvalue weighted by atomic mass is 79.9. The second-order valence-electron chi connectivity index (χ2n) is 2.71. The van der Waals surface area contributed by atoms with Crippen LogP contribution in [0.3, 0.4) is 0 Å². The van der Waals surface area contributed by atoms with Gasteiger partial charge in [-0.25, -0.2) is 9.78 Å². The smallest absolute Gasteiger partial charge is 0.374 e. The number of benzene rings is 1. The van der Waals surface area contributed by atoms with E-state index in [9.17, 15) is 4.79 Å². The zero-order valence-corrected chi connectivity index (χ0v) is 11.0. The second kappa shape index (κ2) is 5.65.